The van der Waals surface area contributed by atoms with E-state index in [4.69, 9.17) is 37.9 Å². The van der Waals surface area contributed by atoms with Gasteiger partial charge < -0.3 is 43.2 Å². The van der Waals surface area contributed by atoms with Gasteiger partial charge in [0.25, 0.3) is 0 Å². The molecular formula is C46H49NO10. The molecular weight excluding hydrogens is 727 g/mol. The van der Waals surface area contributed by atoms with Crippen LogP contribution in [0.5, 0.6) is 0 Å². The molecule has 0 aromatic heterocycles. The molecule has 0 radical (unpaired) electrons. The number of benzene rings is 5. The van der Waals surface area contributed by atoms with Crippen LogP contribution in [0, 0.1) is 0 Å². The van der Waals surface area contributed by atoms with Crippen molar-refractivity contribution in [3.8, 4) is 0 Å². The van der Waals surface area contributed by atoms with Crippen LogP contribution < -0.4 is 5.32 Å². The van der Waals surface area contributed by atoms with Crippen molar-refractivity contribution in [2.75, 3.05) is 20.3 Å². The van der Waals surface area contributed by atoms with Crippen LogP contribution in [-0.4, -0.2) is 69.1 Å². The highest BCUT2D eigenvalue weighted by atomic mass is 16.7. The molecule has 1 aliphatic rings. The molecule has 1 fully saturated rings. The summed E-state index contributed by atoms with van der Waals surface area (Å²) in [5, 5.41) is 2.58. The average Bonchev–Trinajstić information content (AvgIpc) is 3.27. The van der Waals surface area contributed by atoms with Gasteiger partial charge in [-0.05, 0) is 27.8 Å². The van der Waals surface area contributed by atoms with Crippen LogP contribution in [0.4, 0.5) is 4.79 Å². The van der Waals surface area contributed by atoms with Crippen molar-refractivity contribution in [2.24, 2.45) is 0 Å². The van der Waals surface area contributed by atoms with Gasteiger partial charge in [-0.15, -0.1) is 0 Å². The SMILES string of the molecule is COC(=O)C(CO[C@H]1O[C@H](COCc2ccccc2)[C@@H](OCc2ccccc2)[C@H](OCc2ccccc2)[C@H]1OCc1ccccc1)NC(=O)OCc1ccccc1. The summed E-state index contributed by atoms with van der Waals surface area (Å²) in [4.78, 5) is 25.9. The van der Waals surface area contributed by atoms with Crippen LogP contribution in [0.15, 0.2) is 152 Å². The minimum atomic E-state index is -1.24. The summed E-state index contributed by atoms with van der Waals surface area (Å²) >= 11 is 0. The van der Waals surface area contributed by atoms with Crippen molar-refractivity contribution in [1.29, 1.82) is 0 Å². The van der Waals surface area contributed by atoms with Crippen LogP contribution >= 0.6 is 0 Å². The topological polar surface area (TPSA) is 120 Å². The number of ether oxygens (including phenoxy) is 8. The number of nitrogens with one attached hydrogen (secondary N) is 1. The molecule has 11 nitrogen and oxygen atoms in total. The van der Waals surface area contributed by atoms with E-state index in [1.165, 1.54) is 7.11 Å². The van der Waals surface area contributed by atoms with E-state index in [1.807, 2.05) is 152 Å². The Hall–Kier alpha value is -5.40. The Balaban J connectivity index is 1.27. The number of carbonyl (C=O) groups excluding carboxylic acids is 2. The van der Waals surface area contributed by atoms with E-state index in [2.05, 4.69) is 5.32 Å². The summed E-state index contributed by atoms with van der Waals surface area (Å²) in [6.07, 6.45) is -4.94. The Bertz CT molecular complexity index is 1890. The van der Waals surface area contributed by atoms with Crippen molar-refractivity contribution >= 4 is 12.1 Å². The Morgan fingerprint density at radius 1 is 0.544 bits per heavy atom. The molecule has 6 rings (SSSR count). The van der Waals surface area contributed by atoms with E-state index in [9.17, 15) is 9.59 Å². The van der Waals surface area contributed by atoms with E-state index >= 15 is 0 Å². The molecule has 11 heteroatoms. The van der Waals surface area contributed by atoms with Gasteiger partial charge in [0.15, 0.2) is 12.3 Å². The van der Waals surface area contributed by atoms with Crippen molar-refractivity contribution in [2.45, 2.75) is 69.8 Å². The van der Waals surface area contributed by atoms with E-state index in [0.29, 0.717) is 6.61 Å². The van der Waals surface area contributed by atoms with Crippen molar-refractivity contribution in [1.82, 2.24) is 5.32 Å². The van der Waals surface area contributed by atoms with Crippen molar-refractivity contribution in [3.05, 3.63) is 179 Å². The molecule has 1 unspecified atom stereocenters. The number of amides is 1. The first-order valence-electron chi connectivity index (χ1n) is 19.0. The molecule has 1 N–H and O–H groups in total. The Morgan fingerprint density at radius 2 is 0.965 bits per heavy atom. The third-order valence-electron chi connectivity index (χ3n) is 9.26. The van der Waals surface area contributed by atoms with Gasteiger partial charge in [-0.3, -0.25) is 0 Å². The van der Waals surface area contributed by atoms with Crippen LogP contribution in [0.1, 0.15) is 27.8 Å². The third-order valence-corrected chi connectivity index (χ3v) is 9.26. The van der Waals surface area contributed by atoms with Crippen LogP contribution in [0.3, 0.4) is 0 Å². The molecule has 1 saturated heterocycles. The summed E-state index contributed by atoms with van der Waals surface area (Å²) in [6.45, 7) is 0.845. The normalized spacial score (nSPS) is 19.6. The van der Waals surface area contributed by atoms with Crippen molar-refractivity contribution < 1.29 is 47.5 Å². The molecule has 0 saturated carbocycles. The molecule has 1 aliphatic heterocycles. The lowest BCUT2D eigenvalue weighted by Crippen LogP contribution is -2.62. The number of rotatable bonds is 20. The number of alkyl carbamates (subject to hydrolysis) is 1. The minimum Gasteiger partial charge on any atom is -0.467 e. The number of hydrogen-bond acceptors (Lipinski definition) is 10. The second-order valence-electron chi connectivity index (χ2n) is 13.4. The van der Waals surface area contributed by atoms with E-state index in [-0.39, 0.29) is 39.6 Å². The fraction of sp³-hybridized carbons (Fsp3) is 0.304. The molecule has 0 bridgehead atoms. The largest absolute Gasteiger partial charge is 0.467 e. The molecule has 6 atom stereocenters. The van der Waals surface area contributed by atoms with Gasteiger partial charge in [0, 0.05) is 0 Å². The second-order valence-corrected chi connectivity index (χ2v) is 13.4. The fourth-order valence-electron chi connectivity index (χ4n) is 6.29. The quantitative estimate of drug-likeness (QED) is 0.0816. The lowest BCUT2D eigenvalue weighted by molar-refractivity contribution is -0.329. The maximum absolute atomic E-state index is 13.0. The number of esters is 1. The molecule has 1 heterocycles. The van der Waals surface area contributed by atoms with Gasteiger partial charge in [-0.1, -0.05) is 152 Å². The minimum absolute atomic E-state index is 0.0119. The predicted molar refractivity (Wildman–Crippen MR) is 211 cm³/mol. The third kappa shape index (κ3) is 13.1. The smallest absolute Gasteiger partial charge is 0.408 e. The molecule has 5 aromatic rings. The maximum Gasteiger partial charge on any atom is 0.408 e. The highest BCUT2D eigenvalue weighted by molar-refractivity contribution is 5.81. The molecule has 5 aromatic carbocycles. The van der Waals surface area contributed by atoms with Crippen LogP contribution in [0.25, 0.3) is 0 Å². The summed E-state index contributed by atoms with van der Waals surface area (Å²) in [7, 11) is 1.23. The van der Waals surface area contributed by atoms with Gasteiger partial charge in [0.2, 0.25) is 0 Å². The van der Waals surface area contributed by atoms with Gasteiger partial charge in [-0.25, -0.2) is 9.59 Å². The Morgan fingerprint density at radius 3 is 1.44 bits per heavy atom. The van der Waals surface area contributed by atoms with Crippen LogP contribution in [-0.2, 0) is 75.7 Å². The molecule has 298 valence electrons. The number of carbonyl (C=O) groups is 2. The molecule has 0 aliphatic carbocycles. The molecule has 57 heavy (non-hydrogen) atoms. The lowest BCUT2D eigenvalue weighted by Gasteiger charge is -2.46. The average molecular weight is 776 g/mol. The Labute approximate surface area is 333 Å². The molecule has 0 spiro atoms. The monoisotopic (exact) mass is 775 g/mol. The van der Waals surface area contributed by atoms with Gasteiger partial charge >= 0.3 is 12.1 Å². The predicted octanol–water partition coefficient (Wildman–Crippen LogP) is 7.17. The van der Waals surface area contributed by atoms with E-state index < -0.39 is 48.8 Å². The Kier molecular flexibility index (Phi) is 16.2. The first-order valence-corrected chi connectivity index (χ1v) is 19.0. The summed E-state index contributed by atoms with van der Waals surface area (Å²) in [5.74, 6) is -0.729. The van der Waals surface area contributed by atoms with E-state index in [1.54, 1.807) is 0 Å². The van der Waals surface area contributed by atoms with E-state index in [0.717, 1.165) is 27.8 Å². The number of hydrogen-bond donors (Lipinski definition) is 1. The van der Waals surface area contributed by atoms with Gasteiger partial charge in [0.1, 0.15) is 31.0 Å². The standard InChI is InChI=1S/C46H49NO10/c1-50-44(48)39(47-46(49)56-31-38-25-15-6-16-26-38)32-55-45-43(54-30-37-23-13-5-14-24-37)42(53-29-36-21-11-4-12-22-36)41(52-28-35-19-9-3-10-20-35)40(57-45)33-51-27-34-17-7-2-8-18-34/h2-26,39-43,45H,27-33H2,1H3,(H,47,49)/t39?,40-,41-,42+,43-,45+/m1/s1. The van der Waals surface area contributed by atoms with Crippen LogP contribution in [0.2, 0.25) is 0 Å². The highest BCUT2D eigenvalue weighted by Crippen LogP contribution is 2.32. The number of methoxy groups -OCH3 is 1. The summed E-state index contributed by atoms with van der Waals surface area (Å²) in [5.41, 5.74) is 4.62. The van der Waals surface area contributed by atoms with Gasteiger partial charge in [-0.2, -0.15) is 0 Å². The second kappa shape index (κ2) is 22.4. The lowest BCUT2D eigenvalue weighted by atomic mass is 9.97. The zero-order chi connectivity index (χ0) is 39.5. The molecule has 1 amide bonds. The fourth-order valence-corrected chi connectivity index (χ4v) is 6.29. The first kappa shape index (κ1) is 41.2. The zero-order valence-corrected chi connectivity index (χ0v) is 31.9. The maximum atomic E-state index is 13.0. The summed E-state index contributed by atoms with van der Waals surface area (Å²) < 4.78 is 49.9. The first-order chi connectivity index (χ1) is 28.1. The van der Waals surface area contributed by atoms with Gasteiger partial charge in [0.05, 0.1) is 46.8 Å². The highest BCUT2D eigenvalue weighted by Gasteiger charge is 2.49. The zero-order valence-electron chi connectivity index (χ0n) is 31.9. The summed E-state index contributed by atoms with van der Waals surface area (Å²) in [6, 6.07) is 47.2. The van der Waals surface area contributed by atoms with Crippen molar-refractivity contribution in [3.63, 3.8) is 0 Å².